The fourth-order valence-corrected chi connectivity index (χ4v) is 3.72. The Balaban J connectivity index is 1.79. The van der Waals surface area contributed by atoms with Crippen molar-refractivity contribution in [2.24, 2.45) is 0 Å². The van der Waals surface area contributed by atoms with Crippen molar-refractivity contribution >= 4 is 38.6 Å². The molecular formula is C18H13NOS. The van der Waals surface area contributed by atoms with Crippen LogP contribution in [-0.2, 0) is 6.54 Å². The van der Waals surface area contributed by atoms with Gasteiger partial charge in [0.25, 0.3) is 0 Å². The second-order valence-corrected chi connectivity index (χ2v) is 6.05. The molecule has 0 amide bonds. The molecule has 102 valence electrons. The third-order valence-corrected chi connectivity index (χ3v) is 4.85. The summed E-state index contributed by atoms with van der Waals surface area (Å²) in [7, 11) is 0. The van der Waals surface area contributed by atoms with Gasteiger partial charge in [0.05, 0.1) is 0 Å². The molecular weight excluding hydrogens is 278 g/mol. The molecule has 0 spiro atoms. The molecule has 0 aliphatic rings. The Morgan fingerprint density at radius 3 is 2.90 bits per heavy atom. The molecule has 2 heterocycles. The van der Waals surface area contributed by atoms with Gasteiger partial charge in [0.15, 0.2) is 0 Å². The predicted molar refractivity (Wildman–Crippen MR) is 88.3 cm³/mol. The van der Waals surface area contributed by atoms with E-state index in [0.717, 1.165) is 29.3 Å². The number of carbonyl (C=O) groups is 1. The van der Waals surface area contributed by atoms with Gasteiger partial charge in [-0.3, -0.25) is 4.79 Å². The molecule has 0 aliphatic heterocycles. The second-order valence-electron chi connectivity index (χ2n) is 5.14. The van der Waals surface area contributed by atoms with Crippen molar-refractivity contribution in [3.63, 3.8) is 0 Å². The molecule has 0 fully saturated rings. The van der Waals surface area contributed by atoms with Gasteiger partial charge in [-0.1, -0.05) is 18.2 Å². The number of aldehydes is 1. The maximum Gasteiger partial charge on any atom is 0.150 e. The molecule has 0 unspecified atom stereocenters. The van der Waals surface area contributed by atoms with Crippen LogP contribution < -0.4 is 0 Å². The zero-order chi connectivity index (χ0) is 14.2. The van der Waals surface area contributed by atoms with E-state index in [0.29, 0.717) is 0 Å². The van der Waals surface area contributed by atoms with Crippen LogP contribution in [0.15, 0.2) is 60.1 Å². The highest BCUT2D eigenvalue weighted by molar-refractivity contribution is 7.17. The molecule has 0 aliphatic carbocycles. The Morgan fingerprint density at radius 1 is 1.10 bits per heavy atom. The van der Waals surface area contributed by atoms with Crippen molar-refractivity contribution in [3.8, 4) is 0 Å². The number of hydrogen-bond acceptors (Lipinski definition) is 2. The van der Waals surface area contributed by atoms with Gasteiger partial charge in [0.1, 0.15) is 6.29 Å². The van der Waals surface area contributed by atoms with Crippen molar-refractivity contribution in [1.82, 2.24) is 4.57 Å². The fourth-order valence-electron chi connectivity index (χ4n) is 2.77. The van der Waals surface area contributed by atoms with E-state index in [1.165, 1.54) is 15.6 Å². The van der Waals surface area contributed by atoms with Gasteiger partial charge in [-0.15, -0.1) is 11.3 Å². The molecule has 0 atom stereocenters. The Morgan fingerprint density at radius 2 is 2.00 bits per heavy atom. The third-order valence-electron chi connectivity index (χ3n) is 3.83. The lowest BCUT2D eigenvalue weighted by Gasteiger charge is -2.05. The molecule has 0 saturated heterocycles. The molecule has 2 nitrogen and oxygen atoms in total. The van der Waals surface area contributed by atoms with Crippen molar-refractivity contribution in [1.29, 1.82) is 0 Å². The Kier molecular flexibility index (Phi) is 2.86. The number of nitrogens with zero attached hydrogens (tertiary/aromatic N) is 1. The highest BCUT2D eigenvalue weighted by Gasteiger charge is 2.07. The monoisotopic (exact) mass is 291 g/mol. The van der Waals surface area contributed by atoms with Gasteiger partial charge in [0, 0.05) is 33.9 Å². The summed E-state index contributed by atoms with van der Waals surface area (Å²) in [6.07, 6.45) is 2.98. The first-order valence-electron chi connectivity index (χ1n) is 6.84. The summed E-state index contributed by atoms with van der Waals surface area (Å²) >= 11 is 1.79. The van der Waals surface area contributed by atoms with E-state index in [1.54, 1.807) is 11.3 Å². The zero-order valence-electron chi connectivity index (χ0n) is 11.3. The Bertz CT molecular complexity index is 948. The minimum atomic E-state index is 0.723. The van der Waals surface area contributed by atoms with E-state index in [4.69, 9.17) is 0 Å². The first-order valence-corrected chi connectivity index (χ1v) is 7.72. The second kappa shape index (κ2) is 4.86. The number of hydrogen-bond donors (Lipinski definition) is 0. The van der Waals surface area contributed by atoms with Crippen LogP contribution in [0.1, 0.15) is 15.9 Å². The summed E-state index contributed by atoms with van der Waals surface area (Å²) in [6.45, 7) is 0.855. The summed E-state index contributed by atoms with van der Waals surface area (Å²) in [5, 5.41) is 4.67. The number of rotatable bonds is 3. The van der Waals surface area contributed by atoms with Crippen molar-refractivity contribution in [3.05, 3.63) is 71.2 Å². The molecule has 2 aromatic carbocycles. The van der Waals surface area contributed by atoms with Gasteiger partial charge >= 0.3 is 0 Å². The lowest BCUT2D eigenvalue weighted by atomic mass is 10.1. The largest absolute Gasteiger partial charge is 0.343 e. The van der Waals surface area contributed by atoms with Crippen LogP contribution in [0.2, 0.25) is 0 Å². The smallest absolute Gasteiger partial charge is 0.150 e. The molecule has 0 saturated carbocycles. The molecule has 0 radical (unpaired) electrons. The molecule has 2 aromatic heterocycles. The predicted octanol–water partition coefficient (Wildman–Crippen LogP) is 4.72. The van der Waals surface area contributed by atoms with E-state index in [1.807, 2.05) is 18.2 Å². The van der Waals surface area contributed by atoms with Crippen LogP contribution in [0.25, 0.3) is 21.0 Å². The molecule has 0 bridgehead atoms. The van der Waals surface area contributed by atoms with Crippen LogP contribution >= 0.6 is 11.3 Å². The minimum Gasteiger partial charge on any atom is -0.343 e. The fraction of sp³-hybridized carbons (Fsp3) is 0.0556. The molecule has 0 N–H and O–H groups in total. The SMILES string of the molecule is O=Cc1ccc2c(ccn2Cc2csc3ccccc23)c1. The van der Waals surface area contributed by atoms with E-state index < -0.39 is 0 Å². The van der Waals surface area contributed by atoms with E-state index in [-0.39, 0.29) is 0 Å². The van der Waals surface area contributed by atoms with Crippen LogP contribution in [0.5, 0.6) is 0 Å². The van der Waals surface area contributed by atoms with Gasteiger partial charge in [0.2, 0.25) is 0 Å². The Labute approximate surface area is 126 Å². The van der Waals surface area contributed by atoms with Crippen LogP contribution in [0.3, 0.4) is 0 Å². The highest BCUT2D eigenvalue weighted by Crippen LogP contribution is 2.27. The average Bonchev–Trinajstić information content (AvgIpc) is 3.12. The number of thiophene rings is 1. The number of aromatic nitrogens is 1. The van der Waals surface area contributed by atoms with Crippen LogP contribution in [-0.4, -0.2) is 10.9 Å². The normalized spacial score (nSPS) is 11.2. The van der Waals surface area contributed by atoms with E-state index >= 15 is 0 Å². The zero-order valence-corrected chi connectivity index (χ0v) is 12.1. The number of carbonyl (C=O) groups excluding carboxylic acids is 1. The lowest BCUT2D eigenvalue weighted by Crippen LogP contribution is -1.96. The molecule has 21 heavy (non-hydrogen) atoms. The third kappa shape index (κ3) is 2.06. The van der Waals surface area contributed by atoms with Crippen molar-refractivity contribution in [2.75, 3.05) is 0 Å². The topological polar surface area (TPSA) is 22.0 Å². The summed E-state index contributed by atoms with van der Waals surface area (Å²) in [5.41, 5.74) is 3.23. The van der Waals surface area contributed by atoms with Gasteiger partial charge in [-0.2, -0.15) is 0 Å². The highest BCUT2D eigenvalue weighted by atomic mass is 32.1. The number of fused-ring (bicyclic) bond motifs is 2. The average molecular weight is 291 g/mol. The summed E-state index contributed by atoms with van der Waals surface area (Å²) in [6, 6.07) is 16.4. The van der Waals surface area contributed by atoms with Crippen molar-refractivity contribution in [2.45, 2.75) is 6.54 Å². The number of benzene rings is 2. The molecule has 4 aromatic rings. The maximum atomic E-state index is 10.9. The Hall–Kier alpha value is -2.39. The quantitative estimate of drug-likeness (QED) is 0.501. The summed E-state index contributed by atoms with van der Waals surface area (Å²) in [4.78, 5) is 10.9. The van der Waals surface area contributed by atoms with Crippen LogP contribution in [0, 0.1) is 0 Å². The first kappa shape index (κ1) is 12.4. The first-order chi connectivity index (χ1) is 10.3. The lowest BCUT2D eigenvalue weighted by molar-refractivity contribution is 0.112. The maximum absolute atomic E-state index is 10.9. The van der Waals surface area contributed by atoms with E-state index in [9.17, 15) is 4.79 Å². The summed E-state index contributed by atoms with van der Waals surface area (Å²) < 4.78 is 3.56. The molecule has 3 heteroatoms. The van der Waals surface area contributed by atoms with Gasteiger partial charge in [-0.25, -0.2) is 0 Å². The summed E-state index contributed by atoms with van der Waals surface area (Å²) in [5.74, 6) is 0. The van der Waals surface area contributed by atoms with Crippen molar-refractivity contribution < 1.29 is 4.79 Å². The van der Waals surface area contributed by atoms with Crippen LogP contribution in [0.4, 0.5) is 0 Å². The van der Waals surface area contributed by atoms with E-state index in [2.05, 4.69) is 46.5 Å². The van der Waals surface area contributed by atoms with Gasteiger partial charge in [-0.05, 0) is 46.7 Å². The molecule has 4 rings (SSSR count). The minimum absolute atomic E-state index is 0.723. The van der Waals surface area contributed by atoms with Gasteiger partial charge < -0.3 is 4.57 Å². The standard InChI is InChI=1S/C18H13NOS/c20-11-13-5-6-17-14(9-13)7-8-19(17)10-15-12-21-18-4-2-1-3-16(15)18/h1-9,11-12H,10H2.